The van der Waals surface area contributed by atoms with Gasteiger partial charge in [-0.2, -0.15) is 0 Å². The Morgan fingerprint density at radius 2 is 1.95 bits per heavy atom. The molecular formula is C30H36N4O5. The average Bonchev–Trinajstić information content (AvgIpc) is 3.68. The molecular weight excluding hydrogens is 496 g/mol. The van der Waals surface area contributed by atoms with Crippen molar-refractivity contribution in [1.29, 1.82) is 0 Å². The molecule has 2 N–H and O–H groups in total. The van der Waals surface area contributed by atoms with E-state index in [0.717, 1.165) is 24.1 Å². The van der Waals surface area contributed by atoms with Crippen molar-refractivity contribution < 1.29 is 23.5 Å². The number of hydrogen-bond donors (Lipinski definition) is 2. The molecule has 206 valence electrons. The topological polar surface area (TPSA) is 106 Å². The van der Waals surface area contributed by atoms with Crippen molar-refractivity contribution in [2.45, 2.75) is 45.2 Å². The molecule has 3 aromatic rings. The van der Waals surface area contributed by atoms with Crippen molar-refractivity contribution in [2.24, 2.45) is 5.92 Å². The second-order valence-electron chi connectivity index (χ2n) is 10.3. The molecule has 1 fully saturated rings. The number of nitrogens with one attached hydrogen (secondary N) is 2. The van der Waals surface area contributed by atoms with Gasteiger partial charge in [0, 0.05) is 25.1 Å². The first-order valence-electron chi connectivity index (χ1n) is 13.6. The van der Waals surface area contributed by atoms with Crippen LogP contribution in [0.1, 0.15) is 36.3 Å². The number of aromatic nitrogens is 1. The Hall–Kier alpha value is -3.85. The van der Waals surface area contributed by atoms with E-state index in [1.807, 2.05) is 55.5 Å². The van der Waals surface area contributed by atoms with Crippen LogP contribution < -0.4 is 20.1 Å². The maximum absolute atomic E-state index is 13.3. The quantitative estimate of drug-likeness (QED) is 0.518. The fraction of sp³-hybridized carbons (Fsp3) is 0.433. The Labute approximate surface area is 228 Å². The Morgan fingerprint density at radius 1 is 1.13 bits per heavy atom. The van der Waals surface area contributed by atoms with E-state index in [2.05, 4.69) is 20.5 Å². The molecule has 1 aliphatic carbocycles. The van der Waals surface area contributed by atoms with E-state index in [4.69, 9.17) is 13.9 Å². The lowest BCUT2D eigenvalue weighted by molar-refractivity contribution is -0.129. The van der Waals surface area contributed by atoms with E-state index in [9.17, 15) is 9.59 Å². The number of nitrogens with zero attached hydrogens (tertiary/aromatic N) is 2. The van der Waals surface area contributed by atoms with Gasteiger partial charge < -0.3 is 24.5 Å². The summed E-state index contributed by atoms with van der Waals surface area (Å²) >= 11 is 0. The zero-order valence-electron chi connectivity index (χ0n) is 22.6. The highest BCUT2D eigenvalue weighted by Gasteiger charge is 2.27. The van der Waals surface area contributed by atoms with Crippen molar-refractivity contribution in [3.8, 4) is 23.0 Å². The number of oxazole rings is 1. The molecule has 2 aromatic carbocycles. The largest absolute Gasteiger partial charge is 0.493 e. The summed E-state index contributed by atoms with van der Waals surface area (Å²) in [5.74, 6) is 2.49. The molecule has 0 unspecified atom stereocenters. The molecule has 2 heterocycles. The SMILES string of the molecule is COc1ccc2cc1OCCCN(CC1CC1)CC(=O)N[C@H](Cc1ccccc1)C(=O)NCc1nc-2oc1C. The van der Waals surface area contributed by atoms with E-state index >= 15 is 0 Å². The van der Waals surface area contributed by atoms with Gasteiger partial charge in [-0.3, -0.25) is 14.5 Å². The Balaban J connectivity index is 1.41. The number of ether oxygens (including phenoxy) is 2. The van der Waals surface area contributed by atoms with Crippen molar-refractivity contribution in [1.82, 2.24) is 20.5 Å². The number of methoxy groups -OCH3 is 1. The molecule has 2 aliphatic rings. The van der Waals surface area contributed by atoms with Crippen LogP contribution in [0.3, 0.4) is 0 Å². The smallest absolute Gasteiger partial charge is 0.243 e. The third kappa shape index (κ3) is 7.17. The van der Waals surface area contributed by atoms with Crippen LogP contribution in [-0.4, -0.2) is 61.1 Å². The van der Waals surface area contributed by atoms with E-state index < -0.39 is 6.04 Å². The van der Waals surface area contributed by atoms with Crippen LogP contribution in [0, 0.1) is 12.8 Å². The fourth-order valence-corrected chi connectivity index (χ4v) is 4.80. The highest BCUT2D eigenvalue weighted by atomic mass is 16.5. The number of carbonyl (C=O) groups excluding carboxylic acids is 2. The molecule has 1 atom stereocenters. The number of fused-ring (bicyclic) bond motifs is 5. The Kier molecular flexibility index (Phi) is 8.46. The summed E-state index contributed by atoms with van der Waals surface area (Å²) in [4.78, 5) is 33.3. The summed E-state index contributed by atoms with van der Waals surface area (Å²) < 4.78 is 17.5. The van der Waals surface area contributed by atoms with E-state index in [1.165, 1.54) is 12.8 Å². The lowest BCUT2D eigenvalue weighted by Crippen LogP contribution is -2.50. The molecule has 1 saturated carbocycles. The second-order valence-corrected chi connectivity index (χ2v) is 10.3. The van der Waals surface area contributed by atoms with Gasteiger partial charge in [0.1, 0.15) is 17.5 Å². The zero-order valence-corrected chi connectivity index (χ0v) is 22.6. The lowest BCUT2D eigenvalue weighted by atomic mass is 10.1. The summed E-state index contributed by atoms with van der Waals surface area (Å²) in [5, 5.41) is 5.95. The van der Waals surface area contributed by atoms with Gasteiger partial charge in [-0.25, -0.2) is 4.98 Å². The van der Waals surface area contributed by atoms with Gasteiger partial charge in [-0.05, 0) is 55.9 Å². The van der Waals surface area contributed by atoms with Crippen molar-refractivity contribution in [3.05, 3.63) is 65.5 Å². The normalized spacial score (nSPS) is 19.3. The first-order valence-corrected chi connectivity index (χ1v) is 13.6. The van der Waals surface area contributed by atoms with Crippen LogP contribution in [0.4, 0.5) is 0 Å². The molecule has 1 aromatic heterocycles. The number of amides is 2. The lowest BCUT2D eigenvalue weighted by Gasteiger charge is -2.24. The maximum atomic E-state index is 13.3. The summed E-state index contributed by atoms with van der Waals surface area (Å²) in [6.07, 6.45) is 3.52. The average molecular weight is 533 g/mol. The number of aryl methyl sites for hydroxylation is 1. The van der Waals surface area contributed by atoms with Gasteiger partial charge in [0.05, 0.1) is 26.8 Å². The first-order chi connectivity index (χ1) is 19.0. The summed E-state index contributed by atoms with van der Waals surface area (Å²) in [6, 6.07) is 14.6. The molecule has 0 spiro atoms. The van der Waals surface area contributed by atoms with Crippen LogP contribution in [0.2, 0.25) is 0 Å². The van der Waals surface area contributed by atoms with E-state index in [1.54, 1.807) is 7.11 Å². The number of benzene rings is 2. The van der Waals surface area contributed by atoms with Gasteiger partial charge >= 0.3 is 0 Å². The minimum absolute atomic E-state index is 0.164. The van der Waals surface area contributed by atoms with Crippen molar-refractivity contribution in [2.75, 3.05) is 33.4 Å². The summed E-state index contributed by atoms with van der Waals surface area (Å²) in [7, 11) is 1.61. The van der Waals surface area contributed by atoms with E-state index in [-0.39, 0.29) is 24.9 Å². The molecule has 39 heavy (non-hydrogen) atoms. The van der Waals surface area contributed by atoms with Gasteiger partial charge in [-0.1, -0.05) is 30.3 Å². The third-order valence-electron chi connectivity index (χ3n) is 7.12. The molecule has 1 aliphatic heterocycles. The summed E-state index contributed by atoms with van der Waals surface area (Å²) in [5.41, 5.74) is 2.36. The molecule has 0 saturated heterocycles. The molecule has 4 bridgehead atoms. The first kappa shape index (κ1) is 26.7. The molecule has 9 nitrogen and oxygen atoms in total. The Morgan fingerprint density at radius 3 is 2.72 bits per heavy atom. The van der Waals surface area contributed by atoms with Crippen LogP contribution in [0.5, 0.6) is 11.5 Å². The predicted octanol–water partition coefficient (Wildman–Crippen LogP) is 3.50. The van der Waals surface area contributed by atoms with Gasteiger partial charge in [0.15, 0.2) is 11.5 Å². The number of hydrogen-bond acceptors (Lipinski definition) is 7. The van der Waals surface area contributed by atoms with E-state index in [0.29, 0.717) is 54.3 Å². The Bertz CT molecular complexity index is 1290. The highest BCUT2D eigenvalue weighted by Crippen LogP contribution is 2.33. The van der Waals surface area contributed by atoms with Crippen LogP contribution in [-0.2, 0) is 22.6 Å². The van der Waals surface area contributed by atoms with Gasteiger partial charge in [0.2, 0.25) is 17.7 Å². The maximum Gasteiger partial charge on any atom is 0.243 e. The second kappa shape index (κ2) is 12.3. The van der Waals surface area contributed by atoms with Crippen molar-refractivity contribution >= 4 is 11.8 Å². The fourth-order valence-electron chi connectivity index (χ4n) is 4.80. The van der Waals surface area contributed by atoms with Crippen LogP contribution in [0.25, 0.3) is 11.5 Å². The van der Waals surface area contributed by atoms with Crippen LogP contribution >= 0.6 is 0 Å². The molecule has 5 rings (SSSR count). The van der Waals surface area contributed by atoms with Gasteiger partial charge in [0.25, 0.3) is 0 Å². The minimum atomic E-state index is -0.708. The zero-order chi connectivity index (χ0) is 27.2. The third-order valence-corrected chi connectivity index (χ3v) is 7.12. The van der Waals surface area contributed by atoms with Crippen molar-refractivity contribution in [3.63, 3.8) is 0 Å². The highest BCUT2D eigenvalue weighted by molar-refractivity contribution is 5.88. The minimum Gasteiger partial charge on any atom is -0.493 e. The van der Waals surface area contributed by atoms with Crippen LogP contribution in [0.15, 0.2) is 52.9 Å². The number of carbonyl (C=O) groups is 2. The standard InChI is InChI=1S/C30H36N4O5/c1-20-25-17-31-29(36)24(15-21-7-4-3-5-8-21)32-28(35)19-34(18-22-9-10-22)13-6-14-38-27-16-23(30(33-25)39-20)11-12-26(27)37-2/h3-5,7-8,11-12,16,22,24H,6,9-10,13-15,17-19H2,1-2H3,(H,31,36)(H,32,35)/t24-/m1/s1. The molecule has 9 heteroatoms. The molecule has 0 radical (unpaired) electrons. The summed E-state index contributed by atoms with van der Waals surface area (Å²) in [6.45, 7) is 4.29. The number of rotatable bonds is 5. The monoisotopic (exact) mass is 532 g/mol. The van der Waals surface area contributed by atoms with Gasteiger partial charge in [-0.15, -0.1) is 0 Å². The predicted molar refractivity (Wildman–Crippen MR) is 146 cm³/mol. The molecule has 2 amide bonds.